The largest absolute Gasteiger partial charge is 0.573 e. The van der Waals surface area contributed by atoms with E-state index >= 15 is 0 Å². The standard InChI is InChI=1S/C20H17F3N2O4/c21-20(22,23)28-14-4-1-12(2-5-14)13-3-6-16-15(9-13)18(25-29-16)27-17-10-19(17)11-26-8-7-24-19/h1-6,9,17,24H,7-8,10-11H2. The van der Waals surface area contributed by atoms with Crippen molar-refractivity contribution in [2.24, 2.45) is 0 Å². The van der Waals surface area contributed by atoms with Crippen LogP contribution in [0.15, 0.2) is 47.0 Å². The maximum absolute atomic E-state index is 12.3. The fraction of sp³-hybridized carbons (Fsp3) is 0.350. The summed E-state index contributed by atoms with van der Waals surface area (Å²) in [5.74, 6) is 0.130. The van der Waals surface area contributed by atoms with Gasteiger partial charge in [0.15, 0.2) is 5.58 Å². The van der Waals surface area contributed by atoms with Crippen LogP contribution in [0.3, 0.4) is 0 Å². The van der Waals surface area contributed by atoms with E-state index in [4.69, 9.17) is 14.0 Å². The van der Waals surface area contributed by atoms with Crippen molar-refractivity contribution in [2.45, 2.75) is 24.4 Å². The number of benzene rings is 2. The molecule has 9 heteroatoms. The molecule has 0 amide bonds. The highest BCUT2D eigenvalue weighted by Crippen LogP contribution is 2.42. The lowest BCUT2D eigenvalue weighted by atomic mass is 10.0. The Bertz CT molecular complexity index is 1030. The van der Waals surface area contributed by atoms with Gasteiger partial charge in [0.2, 0.25) is 0 Å². The monoisotopic (exact) mass is 406 g/mol. The molecule has 2 aromatic carbocycles. The Kier molecular flexibility index (Phi) is 4.18. The Morgan fingerprint density at radius 1 is 1.10 bits per heavy atom. The van der Waals surface area contributed by atoms with Crippen LogP contribution in [0.4, 0.5) is 13.2 Å². The number of ether oxygens (including phenoxy) is 3. The van der Waals surface area contributed by atoms with Crippen LogP contribution in [-0.2, 0) is 4.74 Å². The molecule has 2 fully saturated rings. The van der Waals surface area contributed by atoms with Crippen LogP contribution in [0.2, 0.25) is 0 Å². The quantitative estimate of drug-likeness (QED) is 0.709. The summed E-state index contributed by atoms with van der Waals surface area (Å²) in [6.07, 6.45) is -3.92. The molecule has 6 nitrogen and oxygen atoms in total. The van der Waals surface area contributed by atoms with E-state index in [1.807, 2.05) is 12.1 Å². The highest BCUT2D eigenvalue weighted by molar-refractivity contribution is 5.87. The Morgan fingerprint density at radius 2 is 1.90 bits per heavy atom. The normalized spacial score (nSPS) is 24.0. The smallest absolute Gasteiger partial charge is 0.470 e. The van der Waals surface area contributed by atoms with Gasteiger partial charge in [-0.3, -0.25) is 0 Å². The lowest BCUT2D eigenvalue weighted by molar-refractivity contribution is -0.274. The van der Waals surface area contributed by atoms with Gasteiger partial charge in [-0.15, -0.1) is 13.2 Å². The third-order valence-electron chi connectivity index (χ3n) is 5.20. The average molecular weight is 406 g/mol. The molecule has 1 saturated heterocycles. The summed E-state index contributed by atoms with van der Waals surface area (Å²) >= 11 is 0. The van der Waals surface area contributed by atoms with Crippen LogP contribution >= 0.6 is 0 Å². The minimum Gasteiger partial charge on any atom is -0.470 e. The van der Waals surface area contributed by atoms with Gasteiger partial charge >= 0.3 is 6.36 Å². The second kappa shape index (κ2) is 6.64. The van der Waals surface area contributed by atoms with Gasteiger partial charge in [-0.25, -0.2) is 0 Å². The summed E-state index contributed by atoms with van der Waals surface area (Å²) in [4.78, 5) is 0. The average Bonchev–Trinajstić information content (AvgIpc) is 3.17. The van der Waals surface area contributed by atoms with Gasteiger partial charge in [0.1, 0.15) is 11.9 Å². The number of hydrogen-bond acceptors (Lipinski definition) is 6. The molecule has 0 radical (unpaired) electrons. The van der Waals surface area contributed by atoms with Crippen LogP contribution in [-0.4, -0.2) is 42.9 Å². The summed E-state index contributed by atoms with van der Waals surface area (Å²) in [5.41, 5.74) is 1.95. The third kappa shape index (κ3) is 3.63. The lowest BCUT2D eigenvalue weighted by Crippen LogP contribution is -2.46. The summed E-state index contributed by atoms with van der Waals surface area (Å²) in [6.45, 7) is 2.08. The van der Waals surface area contributed by atoms with Gasteiger partial charge in [0.05, 0.1) is 24.1 Å². The number of morpholine rings is 1. The van der Waals surface area contributed by atoms with Crippen molar-refractivity contribution in [3.8, 4) is 22.8 Å². The van der Waals surface area contributed by atoms with Gasteiger partial charge in [0.25, 0.3) is 5.88 Å². The Hall–Kier alpha value is -2.78. The van der Waals surface area contributed by atoms with E-state index in [1.54, 1.807) is 18.2 Å². The van der Waals surface area contributed by atoms with Gasteiger partial charge < -0.3 is 24.1 Å². The molecule has 29 heavy (non-hydrogen) atoms. The number of alkyl halides is 3. The van der Waals surface area contributed by atoms with Crippen LogP contribution < -0.4 is 14.8 Å². The lowest BCUT2D eigenvalue weighted by Gasteiger charge is -2.24. The summed E-state index contributed by atoms with van der Waals surface area (Å²) in [5, 5.41) is 8.18. The van der Waals surface area contributed by atoms with Crippen LogP contribution in [0, 0.1) is 0 Å². The van der Waals surface area contributed by atoms with Crippen LogP contribution in [0.25, 0.3) is 22.1 Å². The molecule has 3 aromatic rings. The van der Waals surface area contributed by atoms with E-state index in [-0.39, 0.29) is 17.4 Å². The van der Waals surface area contributed by atoms with E-state index in [2.05, 4.69) is 15.2 Å². The second-order valence-corrected chi connectivity index (χ2v) is 7.22. The number of fused-ring (bicyclic) bond motifs is 1. The molecule has 1 aliphatic carbocycles. The van der Waals surface area contributed by atoms with Crippen molar-refractivity contribution < 1.29 is 31.9 Å². The molecule has 2 aliphatic rings. The SMILES string of the molecule is FC(F)(F)Oc1ccc(-c2ccc3onc(OC4CC45COCCN5)c3c2)cc1. The molecule has 2 atom stereocenters. The first-order valence-electron chi connectivity index (χ1n) is 9.17. The molecular weight excluding hydrogens is 389 g/mol. The topological polar surface area (TPSA) is 65.8 Å². The van der Waals surface area contributed by atoms with Crippen molar-refractivity contribution in [2.75, 3.05) is 19.8 Å². The van der Waals surface area contributed by atoms with Gasteiger partial charge in [-0.2, -0.15) is 0 Å². The molecule has 1 spiro atoms. The molecular formula is C20H17F3N2O4. The molecule has 152 valence electrons. The Labute approximate surface area is 163 Å². The molecule has 5 rings (SSSR count). The van der Waals surface area contributed by atoms with Crippen molar-refractivity contribution >= 4 is 11.0 Å². The molecule has 0 bridgehead atoms. The predicted molar refractivity (Wildman–Crippen MR) is 96.7 cm³/mol. The predicted octanol–water partition coefficient (Wildman–Crippen LogP) is 3.90. The Balaban J connectivity index is 1.37. The van der Waals surface area contributed by atoms with E-state index in [9.17, 15) is 13.2 Å². The van der Waals surface area contributed by atoms with E-state index < -0.39 is 6.36 Å². The number of aromatic nitrogens is 1. The zero-order chi connectivity index (χ0) is 20.1. The number of hydrogen-bond donors (Lipinski definition) is 1. The zero-order valence-electron chi connectivity index (χ0n) is 15.2. The maximum atomic E-state index is 12.3. The van der Waals surface area contributed by atoms with E-state index in [0.717, 1.165) is 24.1 Å². The minimum atomic E-state index is -4.71. The van der Waals surface area contributed by atoms with E-state index in [1.165, 1.54) is 12.1 Å². The molecule has 2 unspecified atom stereocenters. The van der Waals surface area contributed by atoms with Crippen molar-refractivity contribution in [3.05, 3.63) is 42.5 Å². The third-order valence-corrected chi connectivity index (χ3v) is 5.20. The van der Waals surface area contributed by atoms with Crippen LogP contribution in [0.5, 0.6) is 11.6 Å². The zero-order valence-corrected chi connectivity index (χ0v) is 15.2. The molecule has 1 aliphatic heterocycles. The van der Waals surface area contributed by atoms with Crippen molar-refractivity contribution in [1.82, 2.24) is 10.5 Å². The Morgan fingerprint density at radius 3 is 2.62 bits per heavy atom. The number of nitrogens with one attached hydrogen (secondary N) is 1. The summed E-state index contributed by atoms with van der Waals surface area (Å²) < 4.78 is 57.8. The van der Waals surface area contributed by atoms with Gasteiger partial charge in [-0.05, 0) is 40.5 Å². The van der Waals surface area contributed by atoms with Gasteiger partial charge in [0, 0.05) is 13.0 Å². The van der Waals surface area contributed by atoms with Gasteiger partial charge in [-0.1, -0.05) is 18.2 Å². The maximum Gasteiger partial charge on any atom is 0.573 e. The molecule has 1 N–H and O–H groups in total. The first-order chi connectivity index (χ1) is 13.9. The molecule has 2 heterocycles. The summed E-state index contributed by atoms with van der Waals surface area (Å²) in [6, 6.07) is 11.1. The summed E-state index contributed by atoms with van der Waals surface area (Å²) in [7, 11) is 0. The first-order valence-corrected chi connectivity index (χ1v) is 9.17. The fourth-order valence-electron chi connectivity index (χ4n) is 3.61. The molecule has 1 saturated carbocycles. The highest BCUT2D eigenvalue weighted by atomic mass is 19.4. The van der Waals surface area contributed by atoms with Crippen LogP contribution in [0.1, 0.15) is 6.42 Å². The molecule has 1 aromatic heterocycles. The van der Waals surface area contributed by atoms with E-state index in [0.29, 0.717) is 30.1 Å². The number of rotatable bonds is 4. The van der Waals surface area contributed by atoms with Crippen molar-refractivity contribution in [1.29, 1.82) is 0 Å². The van der Waals surface area contributed by atoms with Crippen molar-refractivity contribution in [3.63, 3.8) is 0 Å². The first kappa shape index (κ1) is 18.3. The number of halogens is 3. The number of nitrogens with zero attached hydrogens (tertiary/aromatic N) is 1. The fourth-order valence-corrected chi connectivity index (χ4v) is 3.61. The minimum absolute atomic E-state index is 0.0430. The highest BCUT2D eigenvalue weighted by Gasteiger charge is 2.58. The second-order valence-electron chi connectivity index (χ2n) is 7.22.